The van der Waals surface area contributed by atoms with Gasteiger partial charge in [0, 0.05) is 23.7 Å². The second kappa shape index (κ2) is 6.22. The standard InChI is InChI=1S/C10H15NS2/c1-2-11(13-9-8-12)10-6-4-3-5-7-10/h3-7,12H,2,8-9H2,1H3. The van der Waals surface area contributed by atoms with Crippen molar-refractivity contribution >= 4 is 30.3 Å². The smallest absolute Gasteiger partial charge is 0.0469 e. The van der Waals surface area contributed by atoms with Crippen LogP contribution in [0.4, 0.5) is 5.69 Å². The summed E-state index contributed by atoms with van der Waals surface area (Å²) in [7, 11) is 0. The monoisotopic (exact) mass is 213 g/mol. The predicted octanol–water partition coefficient (Wildman–Crippen LogP) is 3.09. The summed E-state index contributed by atoms with van der Waals surface area (Å²) in [6, 6.07) is 10.4. The van der Waals surface area contributed by atoms with E-state index in [1.165, 1.54) is 5.69 Å². The number of rotatable bonds is 5. The highest BCUT2D eigenvalue weighted by Crippen LogP contribution is 2.21. The lowest BCUT2D eigenvalue weighted by Gasteiger charge is -2.20. The first-order chi connectivity index (χ1) is 6.38. The SMILES string of the molecule is CCN(SCCS)c1ccccc1. The lowest BCUT2D eigenvalue weighted by atomic mass is 10.3. The molecule has 0 N–H and O–H groups in total. The summed E-state index contributed by atoms with van der Waals surface area (Å²) in [5.74, 6) is 1.99. The van der Waals surface area contributed by atoms with E-state index in [-0.39, 0.29) is 0 Å². The van der Waals surface area contributed by atoms with Crippen molar-refractivity contribution in [3.63, 3.8) is 0 Å². The summed E-state index contributed by atoms with van der Waals surface area (Å²) in [6.07, 6.45) is 0. The van der Waals surface area contributed by atoms with Crippen molar-refractivity contribution < 1.29 is 0 Å². The van der Waals surface area contributed by atoms with Crippen molar-refractivity contribution in [2.45, 2.75) is 6.92 Å². The zero-order valence-corrected chi connectivity index (χ0v) is 9.52. The van der Waals surface area contributed by atoms with Gasteiger partial charge in [0.2, 0.25) is 0 Å². The molecule has 1 aromatic rings. The molecule has 1 aromatic carbocycles. The van der Waals surface area contributed by atoms with Crippen molar-refractivity contribution in [1.29, 1.82) is 0 Å². The van der Waals surface area contributed by atoms with Gasteiger partial charge in [-0.05, 0) is 31.0 Å². The lowest BCUT2D eigenvalue weighted by Crippen LogP contribution is -2.14. The van der Waals surface area contributed by atoms with Gasteiger partial charge >= 0.3 is 0 Å². The minimum Gasteiger partial charge on any atom is -0.316 e. The zero-order chi connectivity index (χ0) is 9.52. The first kappa shape index (κ1) is 10.8. The topological polar surface area (TPSA) is 3.24 Å². The highest BCUT2D eigenvalue weighted by atomic mass is 32.2. The molecule has 0 saturated heterocycles. The number of hydrogen-bond acceptors (Lipinski definition) is 3. The van der Waals surface area contributed by atoms with Gasteiger partial charge in [0.05, 0.1) is 0 Å². The van der Waals surface area contributed by atoms with Crippen molar-refractivity contribution in [2.75, 3.05) is 22.4 Å². The average Bonchev–Trinajstić information content (AvgIpc) is 2.21. The molecule has 0 heterocycles. The third-order valence-corrected chi connectivity index (χ3v) is 3.36. The Morgan fingerprint density at radius 2 is 2.00 bits per heavy atom. The molecule has 0 spiro atoms. The molecule has 0 saturated carbocycles. The van der Waals surface area contributed by atoms with Gasteiger partial charge in [0.25, 0.3) is 0 Å². The number of anilines is 1. The minimum absolute atomic E-state index is 0.925. The van der Waals surface area contributed by atoms with Crippen LogP contribution in [0, 0.1) is 0 Å². The lowest BCUT2D eigenvalue weighted by molar-refractivity contribution is 1.11. The van der Waals surface area contributed by atoms with Crippen molar-refractivity contribution in [3.05, 3.63) is 30.3 Å². The van der Waals surface area contributed by atoms with Crippen molar-refractivity contribution in [3.8, 4) is 0 Å². The minimum atomic E-state index is 0.925. The van der Waals surface area contributed by atoms with Gasteiger partial charge in [0.1, 0.15) is 0 Å². The Morgan fingerprint density at radius 3 is 2.54 bits per heavy atom. The Hall–Kier alpha value is -0.280. The molecule has 13 heavy (non-hydrogen) atoms. The van der Waals surface area contributed by atoms with Crippen LogP contribution in [0.25, 0.3) is 0 Å². The number of hydrogen-bond donors (Lipinski definition) is 1. The fraction of sp³-hybridized carbons (Fsp3) is 0.400. The fourth-order valence-corrected chi connectivity index (χ4v) is 2.09. The second-order valence-corrected chi connectivity index (χ2v) is 4.14. The van der Waals surface area contributed by atoms with Gasteiger partial charge in [0.15, 0.2) is 0 Å². The average molecular weight is 213 g/mol. The Kier molecular flexibility index (Phi) is 5.16. The molecule has 72 valence electrons. The summed E-state index contributed by atoms with van der Waals surface area (Å²) in [6.45, 7) is 3.20. The van der Waals surface area contributed by atoms with Crippen LogP contribution in [0.1, 0.15) is 6.92 Å². The van der Waals surface area contributed by atoms with Crippen LogP contribution in [-0.2, 0) is 0 Å². The molecule has 0 radical (unpaired) electrons. The third-order valence-electron chi connectivity index (χ3n) is 1.67. The Bertz CT molecular complexity index is 226. The first-order valence-corrected chi connectivity index (χ1v) is 6.02. The predicted molar refractivity (Wildman–Crippen MR) is 65.8 cm³/mol. The molecule has 3 heteroatoms. The van der Waals surface area contributed by atoms with E-state index in [2.05, 4.69) is 48.1 Å². The van der Waals surface area contributed by atoms with Gasteiger partial charge < -0.3 is 4.31 Å². The summed E-state index contributed by atoms with van der Waals surface area (Å²) >= 11 is 6.03. The van der Waals surface area contributed by atoms with E-state index in [1.54, 1.807) is 0 Å². The van der Waals surface area contributed by atoms with Crippen molar-refractivity contribution in [1.82, 2.24) is 0 Å². The van der Waals surface area contributed by atoms with E-state index in [4.69, 9.17) is 0 Å². The van der Waals surface area contributed by atoms with E-state index in [0.717, 1.165) is 18.1 Å². The molecule has 0 unspecified atom stereocenters. The van der Waals surface area contributed by atoms with Gasteiger partial charge in [-0.25, -0.2) is 0 Å². The quantitative estimate of drug-likeness (QED) is 0.591. The van der Waals surface area contributed by atoms with Gasteiger partial charge in [-0.3, -0.25) is 0 Å². The van der Waals surface area contributed by atoms with Crippen LogP contribution >= 0.6 is 24.6 Å². The number of benzene rings is 1. The molecular weight excluding hydrogens is 198 g/mol. The maximum absolute atomic E-state index is 4.20. The van der Waals surface area contributed by atoms with Crippen LogP contribution in [0.15, 0.2) is 30.3 Å². The highest BCUT2D eigenvalue weighted by molar-refractivity contribution is 8.01. The largest absolute Gasteiger partial charge is 0.316 e. The summed E-state index contributed by atoms with van der Waals surface area (Å²) in [5, 5.41) is 0. The molecule has 0 fully saturated rings. The molecule has 0 aromatic heterocycles. The Labute approximate surface area is 90.1 Å². The van der Waals surface area contributed by atoms with E-state index >= 15 is 0 Å². The van der Waals surface area contributed by atoms with Gasteiger partial charge in [-0.15, -0.1) is 0 Å². The molecule has 0 bridgehead atoms. The van der Waals surface area contributed by atoms with Gasteiger partial charge in [-0.2, -0.15) is 12.6 Å². The van der Waals surface area contributed by atoms with Crippen LogP contribution < -0.4 is 4.31 Å². The zero-order valence-electron chi connectivity index (χ0n) is 7.81. The summed E-state index contributed by atoms with van der Waals surface area (Å²) in [5.41, 5.74) is 1.27. The summed E-state index contributed by atoms with van der Waals surface area (Å²) < 4.78 is 2.29. The van der Waals surface area contributed by atoms with E-state index in [1.807, 2.05) is 18.0 Å². The molecule has 1 rings (SSSR count). The second-order valence-electron chi connectivity index (χ2n) is 2.59. The maximum Gasteiger partial charge on any atom is 0.0469 e. The van der Waals surface area contributed by atoms with E-state index < -0.39 is 0 Å². The van der Waals surface area contributed by atoms with Crippen LogP contribution in [-0.4, -0.2) is 18.1 Å². The molecular formula is C10H15NS2. The molecule has 0 aliphatic rings. The molecule has 0 aliphatic heterocycles. The van der Waals surface area contributed by atoms with Crippen LogP contribution in [0.5, 0.6) is 0 Å². The fourth-order valence-electron chi connectivity index (χ4n) is 1.09. The number of thiol groups is 1. The summed E-state index contributed by atoms with van der Waals surface area (Å²) in [4.78, 5) is 0. The number of nitrogens with zero attached hydrogens (tertiary/aromatic N) is 1. The van der Waals surface area contributed by atoms with Crippen LogP contribution in [0.3, 0.4) is 0 Å². The third kappa shape index (κ3) is 3.53. The highest BCUT2D eigenvalue weighted by Gasteiger charge is 2.02. The molecule has 0 aliphatic carbocycles. The number of para-hydroxylation sites is 1. The van der Waals surface area contributed by atoms with Gasteiger partial charge in [-0.1, -0.05) is 18.2 Å². The molecule has 1 nitrogen and oxygen atoms in total. The Balaban J connectivity index is 2.56. The van der Waals surface area contributed by atoms with Crippen molar-refractivity contribution in [2.24, 2.45) is 0 Å². The van der Waals surface area contributed by atoms with E-state index in [0.29, 0.717) is 0 Å². The van der Waals surface area contributed by atoms with E-state index in [9.17, 15) is 0 Å². The Morgan fingerprint density at radius 1 is 1.31 bits per heavy atom. The molecule has 0 atom stereocenters. The normalized spacial score (nSPS) is 10.0. The van der Waals surface area contributed by atoms with Crippen LogP contribution in [0.2, 0.25) is 0 Å². The molecule has 0 amide bonds. The first-order valence-electron chi connectivity index (χ1n) is 4.45. The maximum atomic E-state index is 4.20.